The lowest BCUT2D eigenvalue weighted by molar-refractivity contribution is -0.154. The number of esters is 1. The van der Waals surface area contributed by atoms with Crippen LogP contribution in [0.1, 0.15) is 56.9 Å². The average Bonchev–Trinajstić information content (AvgIpc) is 3.30. The highest BCUT2D eigenvalue weighted by atomic mass is 19.1. The van der Waals surface area contributed by atoms with Crippen LogP contribution in [0.25, 0.3) is 0 Å². The van der Waals surface area contributed by atoms with Crippen LogP contribution < -0.4 is 5.32 Å². The number of nitrogens with one attached hydrogen (secondary N) is 1. The predicted octanol–water partition coefficient (Wildman–Crippen LogP) is 3.13. The largest absolute Gasteiger partial charge is 0.455 e. The van der Waals surface area contributed by atoms with Crippen molar-refractivity contribution in [2.45, 2.75) is 62.3 Å². The van der Waals surface area contributed by atoms with Crippen molar-refractivity contribution in [2.75, 3.05) is 6.61 Å². The summed E-state index contributed by atoms with van der Waals surface area (Å²) in [6.45, 7) is -0.417. The monoisotopic (exact) mass is 358 g/mol. The molecular weight excluding hydrogens is 335 g/mol. The summed E-state index contributed by atoms with van der Waals surface area (Å²) in [4.78, 5) is 25.0. The van der Waals surface area contributed by atoms with Crippen molar-refractivity contribution in [1.82, 2.24) is 5.32 Å². The molecule has 26 heavy (non-hydrogen) atoms. The minimum absolute atomic E-state index is 0.392. The fourth-order valence-electron chi connectivity index (χ4n) is 4.19. The van der Waals surface area contributed by atoms with Gasteiger partial charge in [-0.2, -0.15) is 5.26 Å². The smallest absolute Gasteiger partial charge is 0.317 e. The highest BCUT2D eigenvalue weighted by molar-refractivity contribution is 5.87. The van der Waals surface area contributed by atoms with Gasteiger partial charge in [-0.15, -0.1) is 0 Å². The maximum absolute atomic E-state index is 13.6. The van der Waals surface area contributed by atoms with Crippen LogP contribution in [0.3, 0.4) is 0 Å². The molecule has 0 spiro atoms. The summed E-state index contributed by atoms with van der Waals surface area (Å²) in [5.74, 6) is -1.35. The summed E-state index contributed by atoms with van der Waals surface area (Å²) in [7, 11) is 0. The van der Waals surface area contributed by atoms with Gasteiger partial charge in [0.05, 0.1) is 11.5 Å². The quantitative estimate of drug-likeness (QED) is 0.820. The standard InChI is InChI=1S/C20H23FN2O3/c21-16-7-5-6-15(12-16)20(10-3-4-11-20)18(25)26-13-17(24)23-19(14-22)8-1-2-9-19/h5-7,12H,1-4,8-11,13H2,(H,23,24). The second-order valence-corrected chi connectivity index (χ2v) is 7.32. The van der Waals surface area contributed by atoms with Crippen molar-refractivity contribution in [3.05, 3.63) is 35.6 Å². The Balaban J connectivity index is 1.66. The lowest BCUT2D eigenvalue weighted by atomic mass is 9.79. The van der Waals surface area contributed by atoms with Crippen LogP contribution in [0.2, 0.25) is 0 Å². The second-order valence-electron chi connectivity index (χ2n) is 7.32. The van der Waals surface area contributed by atoms with Gasteiger partial charge in [0.25, 0.3) is 5.91 Å². The third-order valence-electron chi connectivity index (χ3n) is 5.61. The lowest BCUT2D eigenvalue weighted by Crippen LogP contribution is -2.47. The summed E-state index contributed by atoms with van der Waals surface area (Å²) in [5, 5.41) is 12.0. The number of benzene rings is 1. The van der Waals surface area contributed by atoms with Crippen LogP contribution in [0.15, 0.2) is 24.3 Å². The van der Waals surface area contributed by atoms with E-state index in [0.717, 1.165) is 25.7 Å². The summed E-state index contributed by atoms with van der Waals surface area (Å²) in [6.07, 6.45) is 5.92. The van der Waals surface area contributed by atoms with Crippen LogP contribution in [0, 0.1) is 17.1 Å². The number of hydrogen-bond acceptors (Lipinski definition) is 4. The van der Waals surface area contributed by atoms with Crippen molar-refractivity contribution >= 4 is 11.9 Å². The molecule has 0 aromatic heterocycles. The molecule has 0 radical (unpaired) electrons. The molecule has 2 aliphatic carbocycles. The van der Waals surface area contributed by atoms with E-state index in [1.54, 1.807) is 12.1 Å². The first-order valence-corrected chi connectivity index (χ1v) is 9.15. The molecule has 0 unspecified atom stereocenters. The molecule has 2 aliphatic rings. The normalized spacial score (nSPS) is 20.3. The Labute approximate surface area is 152 Å². The van der Waals surface area contributed by atoms with E-state index in [4.69, 9.17) is 4.74 Å². The summed E-state index contributed by atoms with van der Waals surface area (Å²) >= 11 is 0. The number of ether oxygens (including phenoxy) is 1. The molecule has 2 saturated carbocycles. The van der Waals surface area contributed by atoms with Gasteiger partial charge in [0.1, 0.15) is 11.4 Å². The predicted molar refractivity (Wildman–Crippen MR) is 92.5 cm³/mol. The van der Waals surface area contributed by atoms with Crippen molar-refractivity contribution in [3.63, 3.8) is 0 Å². The lowest BCUT2D eigenvalue weighted by Gasteiger charge is -2.27. The number of amides is 1. The van der Waals surface area contributed by atoms with Crippen molar-refractivity contribution < 1.29 is 18.7 Å². The van der Waals surface area contributed by atoms with E-state index in [0.29, 0.717) is 31.2 Å². The van der Waals surface area contributed by atoms with Gasteiger partial charge >= 0.3 is 5.97 Å². The summed E-state index contributed by atoms with van der Waals surface area (Å²) in [5.41, 5.74) is -1.12. The number of hydrogen-bond donors (Lipinski definition) is 1. The number of halogens is 1. The molecule has 0 bridgehead atoms. The maximum Gasteiger partial charge on any atom is 0.317 e. The Bertz CT molecular complexity index is 729. The van der Waals surface area contributed by atoms with Gasteiger partial charge in [0, 0.05) is 0 Å². The average molecular weight is 358 g/mol. The summed E-state index contributed by atoms with van der Waals surface area (Å²) in [6, 6.07) is 8.21. The van der Waals surface area contributed by atoms with Gasteiger partial charge in [0.2, 0.25) is 0 Å². The van der Waals surface area contributed by atoms with Gasteiger partial charge in [-0.25, -0.2) is 4.39 Å². The van der Waals surface area contributed by atoms with E-state index < -0.39 is 35.3 Å². The topological polar surface area (TPSA) is 79.2 Å². The number of rotatable bonds is 5. The minimum Gasteiger partial charge on any atom is -0.455 e. The van der Waals surface area contributed by atoms with Crippen molar-refractivity contribution in [1.29, 1.82) is 5.26 Å². The molecule has 138 valence electrons. The van der Waals surface area contributed by atoms with Crippen molar-refractivity contribution in [3.8, 4) is 6.07 Å². The number of carbonyl (C=O) groups is 2. The highest BCUT2D eigenvalue weighted by Crippen LogP contribution is 2.42. The fourth-order valence-corrected chi connectivity index (χ4v) is 4.19. The third-order valence-corrected chi connectivity index (χ3v) is 5.61. The van der Waals surface area contributed by atoms with Gasteiger partial charge in [-0.05, 0) is 56.2 Å². The number of carbonyl (C=O) groups excluding carboxylic acids is 2. The van der Waals surface area contributed by atoms with Crippen LogP contribution in [0.4, 0.5) is 4.39 Å². The molecule has 1 aromatic rings. The molecule has 1 amide bonds. The highest BCUT2D eigenvalue weighted by Gasteiger charge is 2.45. The van der Waals surface area contributed by atoms with E-state index >= 15 is 0 Å². The molecule has 0 aliphatic heterocycles. The molecule has 1 N–H and O–H groups in total. The number of nitriles is 1. The first-order chi connectivity index (χ1) is 12.5. The third kappa shape index (κ3) is 3.57. The Kier molecular flexibility index (Phi) is 5.26. The van der Waals surface area contributed by atoms with Gasteiger partial charge in [-0.3, -0.25) is 9.59 Å². The van der Waals surface area contributed by atoms with Crippen molar-refractivity contribution in [2.24, 2.45) is 0 Å². The summed E-state index contributed by atoms with van der Waals surface area (Å²) < 4.78 is 18.9. The number of nitrogens with zero attached hydrogens (tertiary/aromatic N) is 1. The van der Waals surface area contributed by atoms with Gasteiger partial charge in [0.15, 0.2) is 6.61 Å². The molecular formula is C20H23FN2O3. The van der Waals surface area contributed by atoms with E-state index in [9.17, 15) is 19.2 Å². The van der Waals surface area contributed by atoms with Gasteiger partial charge < -0.3 is 10.1 Å². The minimum atomic E-state index is -0.886. The van der Waals surface area contributed by atoms with E-state index in [2.05, 4.69) is 11.4 Å². The van der Waals surface area contributed by atoms with Crippen LogP contribution >= 0.6 is 0 Å². The zero-order valence-electron chi connectivity index (χ0n) is 14.7. The zero-order chi connectivity index (χ0) is 18.6. The van der Waals surface area contributed by atoms with Crippen LogP contribution in [-0.2, 0) is 19.7 Å². The molecule has 3 rings (SSSR count). The first kappa shape index (κ1) is 18.4. The van der Waals surface area contributed by atoms with Crippen LogP contribution in [0.5, 0.6) is 0 Å². The Morgan fingerprint density at radius 3 is 2.42 bits per heavy atom. The molecule has 6 heteroatoms. The Morgan fingerprint density at radius 1 is 1.15 bits per heavy atom. The molecule has 0 saturated heterocycles. The SMILES string of the molecule is N#CC1(NC(=O)COC(=O)C2(c3cccc(F)c3)CCCC2)CCCC1. The molecule has 2 fully saturated rings. The van der Waals surface area contributed by atoms with Crippen LogP contribution in [-0.4, -0.2) is 24.0 Å². The second kappa shape index (κ2) is 7.45. The molecule has 0 heterocycles. The van der Waals surface area contributed by atoms with E-state index in [-0.39, 0.29) is 0 Å². The first-order valence-electron chi connectivity index (χ1n) is 9.15. The Morgan fingerprint density at radius 2 is 1.81 bits per heavy atom. The molecule has 1 aromatic carbocycles. The van der Waals surface area contributed by atoms with Gasteiger partial charge in [-0.1, -0.05) is 25.0 Å². The molecule has 0 atom stereocenters. The fraction of sp³-hybridized carbons (Fsp3) is 0.550. The molecule has 5 nitrogen and oxygen atoms in total. The Hall–Kier alpha value is -2.42. The maximum atomic E-state index is 13.6. The van der Waals surface area contributed by atoms with E-state index in [1.807, 2.05) is 0 Å². The van der Waals surface area contributed by atoms with E-state index in [1.165, 1.54) is 12.1 Å². The zero-order valence-corrected chi connectivity index (χ0v) is 14.7.